The molecule has 102 valence electrons. The highest BCUT2D eigenvalue weighted by molar-refractivity contribution is 9.10. The summed E-state index contributed by atoms with van der Waals surface area (Å²) in [6.07, 6.45) is 0.674. The monoisotopic (exact) mass is 356 g/mol. The van der Waals surface area contributed by atoms with Gasteiger partial charge in [0.05, 0.1) is 6.61 Å². The molecule has 1 aromatic rings. The molecule has 1 rings (SSSR count). The number of methoxy groups -OCH3 is 1. The Morgan fingerprint density at radius 1 is 1.33 bits per heavy atom. The molecular weight excluding hydrogens is 344 g/mol. The van der Waals surface area contributed by atoms with Gasteiger partial charge in [-0.2, -0.15) is 0 Å². The highest BCUT2D eigenvalue weighted by Gasteiger charge is 2.19. The van der Waals surface area contributed by atoms with Crippen LogP contribution in [0.2, 0.25) is 0 Å². The lowest BCUT2D eigenvalue weighted by atomic mass is 10.2. The van der Waals surface area contributed by atoms with E-state index in [1.165, 1.54) is 6.07 Å². The number of ether oxygens (including phenoxy) is 2. The van der Waals surface area contributed by atoms with E-state index in [4.69, 9.17) is 20.2 Å². The molecule has 0 N–H and O–H groups in total. The molecule has 0 radical (unpaired) electrons. The van der Waals surface area contributed by atoms with Crippen molar-refractivity contribution in [1.82, 2.24) is 0 Å². The predicted molar refractivity (Wildman–Crippen MR) is 73.9 cm³/mol. The molecule has 0 unspecified atom stereocenters. The summed E-state index contributed by atoms with van der Waals surface area (Å²) < 4.78 is 34.0. The van der Waals surface area contributed by atoms with Crippen LogP contribution in [-0.4, -0.2) is 28.7 Å². The van der Waals surface area contributed by atoms with Gasteiger partial charge in [0.25, 0.3) is 9.05 Å². The molecule has 0 bridgehead atoms. The molecule has 0 fully saturated rings. The first-order valence-electron chi connectivity index (χ1n) is 5.23. The van der Waals surface area contributed by atoms with Gasteiger partial charge in [0, 0.05) is 35.3 Å². The Hall–Kier alpha value is -0.300. The summed E-state index contributed by atoms with van der Waals surface area (Å²) in [5.41, 5.74) is 0.709. The summed E-state index contributed by atoms with van der Waals surface area (Å²) in [5.74, 6) is 0.296. The average molecular weight is 358 g/mol. The Morgan fingerprint density at radius 3 is 2.56 bits per heavy atom. The van der Waals surface area contributed by atoms with E-state index in [9.17, 15) is 8.42 Å². The topological polar surface area (TPSA) is 52.6 Å². The second kappa shape index (κ2) is 6.75. The largest absolute Gasteiger partial charge is 0.492 e. The molecule has 0 spiro atoms. The number of rotatable bonds is 6. The van der Waals surface area contributed by atoms with E-state index in [2.05, 4.69) is 15.9 Å². The predicted octanol–water partition coefficient (Wildman–Crippen LogP) is 3.10. The van der Waals surface area contributed by atoms with Gasteiger partial charge in [0.2, 0.25) is 0 Å². The first kappa shape index (κ1) is 15.8. The van der Waals surface area contributed by atoms with Crippen LogP contribution in [0.3, 0.4) is 0 Å². The van der Waals surface area contributed by atoms with E-state index in [0.717, 1.165) is 0 Å². The molecule has 0 aliphatic heterocycles. The van der Waals surface area contributed by atoms with Gasteiger partial charge in [-0.05, 0) is 24.6 Å². The maximum atomic E-state index is 11.5. The molecular formula is C11H14BrClO4S. The van der Waals surface area contributed by atoms with Crippen LogP contribution in [0.5, 0.6) is 5.75 Å². The minimum Gasteiger partial charge on any atom is -0.492 e. The molecule has 7 heteroatoms. The third-order valence-corrected chi connectivity index (χ3v) is 3.99. The summed E-state index contributed by atoms with van der Waals surface area (Å²) in [5, 5.41) is 0. The second-order valence-corrected chi connectivity index (χ2v) is 7.13. The Bertz CT molecular complexity index is 516. The van der Waals surface area contributed by atoms with Crippen LogP contribution in [0.4, 0.5) is 0 Å². The summed E-state index contributed by atoms with van der Waals surface area (Å²) in [7, 11) is 3.16. The molecule has 4 nitrogen and oxygen atoms in total. The van der Waals surface area contributed by atoms with Crippen LogP contribution in [0.1, 0.15) is 12.0 Å². The molecule has 0 saturated heterocycles. The summed E-state index contributed by atoms with van der Waals surface area (Å²) in [6.45, 7) is 2.69. The van der Waals surface area contributed by atoms with Gasteiger partial charge in [-0.25, -0.2) is 8.42 Å². The van der Waals surface area contributed by atoms with E-state index in [-0.39, 0.29) is 4.90 Å². The first-order valence-corrected chi connectivity index (χ1v) is 8.33. The maximum absolute atomic E-state index is 11.5. The van der Waals surface area contributed by atoms with Gasteiger partial charge < -0.3 is 9.47 Å². The van der Waals surface area contributed by atoms with Crippen LogP contribution >= 0.6 is 26.6 Å². The molecule has 0 atom stereocenters. The van der Waals surface area contributed by atoms with Crippen molar-refractivity contribution in [1.29, 1.82) is 0 Å². The zero-order valence-electron chi connectivity index (χ0n) is 10.1. The van der Waals surface area contributed by atoms with E-state index in [1.807, 2.05) is 0 Å². The van der Waals surface area contributed by atoms with Crippen LogP contribution in [-0.2, 0) is 13.8 Å². The van der Waals surface area contributed by atoms with Crippen LogP contribution < -0.4 is 4.74 Å². The van der Waals surface area contributed by atoms with Gasteiger partial charge in [-0.15, -0.1) is 0 Å². The van der Waals surface area contributed by atoms with Crippen molar-refractivity contribution in [3.8, 4) is 5.75 Å². The molecule has 1 aromatic carbocycles. The number of hydrogen-bond acceptors (Lipinski definition) is 4. The SMILES string of the molecule is COCCCOc1c(C)cc(Br)cc1S(=O)(=O)Cl. The fraction of sp³-hybridized carbons (Fsp3) is 0.455. The molecule has 18 heavy (non-hydrogen) atoms. The normalized spacial score (nSPS) is 11.6. The quantitative estimate of drug-likeness (QED) is 0.580. The number of aryl methyl sites for hydroxylation is 1. The Balaban J connectivity index is 3.02. The lowest BCUT2D eigenvalue weighted by Crippen LogP contribution is -2.06. The average Bonchev–Trinajstić information content (AvgIpc) is 2.24. The summed E-state index contributed by atoms with van der Waals surface area (Å²) in [6, 6.07) is 3.21. The Morgan fingerprint density at radius 2 is 2.00 bits per heavy atom. The van der Waals surface area contributed by atoms with Crippen molar-refractivity contribution in [2.24, 2.45) is 0 Å². The minimum atomic E-state index is -3.84. The van der Waals surface area contributed by atoms with Gasteiger partial charge >= 0.3 is 0 Å². The van der Waals surface area contributed by atoms with E-state index < -0.39 is 9.05 Å². The number of benzene rings is 1. The van der Waals surface area contributed by atoms with Crippen molar-refractivity contribution in [3.05, 3.63) is 22.2 Å². The standard InChI is InChI=1S/C11H14BrClO4S/c1-8-6-9(12)7-10(18(13,14)15)11(8)17-5-3-4-16-2/h6-7H,3-5H2,1-2H3. The fourth-order valence-electron chi connectivity index (χ4n) is 1.44. The Labute approximate surface area is 120 Å². The van der Waals surface area contributed by atoms with E-state index in [0.29, 0.717) is 35.4 Å². The van der Waals surface area contributed by atoms with Crippen molar-refractivity contribution in [2.75, 3.05) is 20.3 Å². The third-order valence-electron chi connectivity index (χ3n) is 2.21. The Kier molecular flexibility index (Phi) is 5.91. The second-order valence-electron chi connectivity index (χ2n) is 3.68. The van der Waals surface area contributed by atoms with Crippen molar-refractivity contribution < 1.29 is 17.9 Å². The smallest absolute Gasteiger partial charge is 0.265 e. The summed E-state index contributed by atoms with van der Waals surface area (Å²) >= 11 is 3.23. The summed E-state index contributed by atoms with van der Waals surface area (Å²) in [4.78, 5) is -0.0199. The first-order chi connectivity index (χ1) is 8.36. The molecule has 0 saturated carbocycles. The van der Waals surface area contributed by atoms with Gasteiger partial charge in [0.15, 0.2) is 0 Å². The lowest BCUT2D eigenvalue weighted by molar-refractivity contribution is 0.171. The molecule has 0 aromatic heterocycles. The number of hydrogen-bond donors (Lipinski definition) is 0. The van der Waals surface area contributed by atoms with Crippen LogP contribution in [0.25, 0.3) is 0 Å². The van der Waals surface area contributed by atoms with Crippen LogP contribution in [0, 0.1) is 6.92 Å². The lowest BCUT2D eigenvalue weighted by Gasteiger charge is -2.13. The zero-order chi connectivity index (χ0) is 13.8. The van der Waals surface area contributed by atoms with Gasteiger partial charge in [-0.3, -0.25) is 0 Å². The maximum Gasteiger partial charge on any atom is 0.265 e. The van der Waals surface area contributed by atoms with Crippen molar-refractivity contribution in [3.63, 3.8) is 0 Å². The number of halogens is 2. The third kappa shape index (κ3) is 4.42. The molecule has 0 amide bonds. The highest BCUT2D eigenvalue weighted by Crippen LogP contribution is 2.33. The van der Waals surface area contributed by atoms with Crippen LogP contribution in [0.15, 0.2) is 21.5 Å². The molecule has 0 aliphatic rings. The van der Waals surface area contributed by atoms with Crippen molar-refractivity contribution in [2.45, 2.75) is 18.2 Å². The van der Waals surface area contributed by atoms with Crippen molar-refractivity contribution >= 4 is 35.7 Å². The van der Waals surface area contributed by atoms with Gasteiger partial charge in [-0.1, -0.05) is 15.9 Å². The fourth-order valence-corrected chi connectivity index (χ4v) is 3.22. The zero-order valence-corrected chi connectivity index (χ0v) is 13.2. The molecule has 0 heterocycles. The highest BCUT2D eigenvalue weighted by atomic mass is 79.9. The molecule has 0 aliphatic carbocycles. The van der Waals surface area contributed by atoms with E-state index in [1.54, 1.807) is 20.1 Å². The minimum absolute atomic E-state index is 0.0199. The van der Waals surface area contributed by atoms with E-state index >= 15 is 0 Å². The van der Waals surface area contributed by atoms with Gasteiger partial charge in [0.1, 0.15) is 10.6 Å².